The van der Waals surface area contributed by atoms with Crippen LogP contribution in [0.4, 0.5) is 11.6 Å². The first kappa shape index (κ1) is 12.0. The minimum absolute atomic E-state index is 0.337. The molecule has 1 aromatic rings. The zero-order chi connectivity index (χ0) is 11.4. The SMILES string of the molecule is CCN(CC(C)C)c1ncnc(N)c1Cl. The average molecular weight is 229 g/mol. The second-order valence-electron chi connectivity index (χ2n) is 3.83. The molecule has 15 heavy (non-hydrogen) atoms. The molecule has 0 bridgehead atoms. The summed E-state index contributed by atoms with van der Waals surface area (Å²) >= 11 is 6.06. The van der Waals surface area contributed by atoms with Crippen molar-refractivity contribution in [2.75, 3.05) is 23.7 Å². The Labute approximate surface area is 95.5 Å². The number of halogens is 1. The van der Waals surface area contributed by atoms with Crippen LogP contribution in [0.3, 0.4) is 0 Å². The number of hydrogen-bond acceptors (Lipinski definition) is 4. The summed E-state index contributed by atoms with van der Waals surface area (Å²) in [5.41, 5.74) is 5.63. The first-order valence-corrected chi connectivity index (χ1v) is 5.45. The lowest BCUT2D eigenvalue weighted by Gasteiger charge is -2.24. The maximum atomic E-state index is 6.06. The maximum absolute atomic E-state index is 6.06. The third-order valence-electron chi connectivity index (χ3n) is 2.06. The summed E-state index contributed by atoms with van der Waals surface area (Å²) in [6.45, 7) is 8.14. The maximum Gasteiger partial charge on any atom is 0.153 e. The molecular formula is C10H17ClN4. The molecule has 0 aliphatic heterocycles. The Morgan fingerprint density at radius 3 is 2.67 bits per heavy atom. The third kappa shape index (κ3) is 2.96. The monoisotopic (exact) mass is 228 g/mol. The number of nitrogen functional groups attached to an aromatic ring is 1. The summed E-state index contributed by atoms with van der Waals surface area (Å²) in [5, 5.41) is 0.444. The van der Waals surface area contributed by atoms with Gasteiger partial charge in [0.25, 0.3) is 0 Å². The van der Waals surface area contributed by atoms with E-state index >= 15 is 0 Å². The van der Waals surface area contributed by atoms with Gasteiger partial charge in [0.2, 0.25) is 0 Å². The third-order valence-corrected chi connectivity index (χ3v) is 2.43. The Bertz CT molecular complexity index is 327. The van der Waals surface area contributed by atoms with Gasteiger partial charge in [-0.1, -0.05) is 25.4 Å². The van der Waals surface area contributed by atoms with E-state index in [-0.39, 0.29) is 0 Å². The molecule has 0 saturated carbocycles. The Hall–Kier alpha value is -1.03. The van der Waals surface area contributed by atoms with Crippen molar-refractivity contribution in [2.24, 2.45) is 5.92 Å². The molecule has 0 fully saturated rings. The molecule has 0 saturated heterocycles. The highest BCUT2D eigenvalue weighted by molar-refractivity contribution is 6.35. The normalized spacial score (nSPS) is 10.7. The highest BCUT2D eigenvalue weighted by Gasteiger charge is 2.13. The summed E-state index contributed by atoms with van der Waals surface area (Å²) in [6, 6.07) is 0. The quantitative estimate of drug-likeness (QED) is 0.859. The highest BCUT2D eigenvalue weighted by atomic mass is 35.5. The zero-order valence-corrected chi connectivity index (χ0v) is 10.1. The second-order valence-corrected chi connectivity index (χ2v) is 4.21. The van der Waals surface area contributed by atoms with Crippen molar-refractivity contribution >= 4 is 23.2 Å². The number of rotatable bonds is 4. The minimum atomic E-state index is 0.337. The molecule has 0 spiro atoms. The van der Waals surface area contributed by atoms with E-state index in [9.17, 15) is 0 Å². The number of hydrogen-bond donors (Lipinski definition) is 1. The van der Waals surface area contributed by atoms with Gasteiger partial charge in [0, 0.05) is 13.1 Å². The van der Waals surface area contributed by atoms with Crippen LogP contribution in [-0.2, 0) is 0 Å². The number of anilines is 2. The fourth-order valence-electron chi connectivity index (χ4n) is 1.40. The Morgan fingerprint density at radius 2 is 2.13 bits per heavy atom. The van der Waals surface area contributed by atoms with Gasteiger partial charge in [0.05, 0.1) is 0 Å². The lowest BCUT2D eigenvalue weighted by atomic mass is 10.2. The van der Waals surface area contributed by atoms with Gasteiger partial charge in [-0.3, -0.25) is 0 Å². The Kier molecular flexibility index (Phi) is 4.15. The fraction of sp³-hybridized carbons (Fsp3) is 0.600. The topological polar surface area (TPSA) is 55.0 Å². The Balaban J connectivity index is 2.96. The summed E-state index contributed by atoms with van der Waals surface area (Å²) in [7, 11) is 0. The first-order valence-electron chi connectivity index (χ1n) is 5.07. The summed E-state index contributed by atoms with van der Waals surface area (Å²) < 4.78 is 0. The summed E-state index contributed by atoms with van der Waals surface area (Å²) in [4.78, 5) is 10.1. The van der Waals surface area contributed by atoms with Crippen molar-refractivity contribution in [2.45, 2.75) is 20.8 Å². The van der Waals surface area contributed by atoms with Crippen molar-refractivity contribution in [1.82, 2.24) is 9.97 Å². The molecule has 5 heteroatoms. The van der Waals surface area contributed by atoms with Gasteiger partial charge in [-0.05, 0) is 12.8 Å². The molecule has 0 unspecified atom stereocenters. The van der Waals surface area contributed by atoms with Gasteiger partial charge in [0.1, 0.15) is 17.2 Å². The molecule has 0 aromatic carbocycles. The predicted octanol–water partition coefficient (Wildman–Crippen LogP) is 2.19. The van der Waals surface area contributed by atoms with Crippen LogP contribution in [0.1, 0.15) is 20.8 Å². The van der Waals surface area contributed by atoms with E-state index in [0.717, 1.165) is 18.9 Å². The van der Waals surface area contributed by atoms with Crippen molar-refractivity contribution in [1.29, 1.82) is 0 Å². The lowest BCUT2D eigenvalue weighted by Crippen LogP contribution is -2.28. The van der Waals surface area contributed by atoms with Crippen LogP contribution in [0, 0.1) is 5.92 Å². The standard InChI is InChI=1S/C10H17ClN4/c1-4-15(5-7(2)3)10-8(11)9(12)13-6-14-10/h6-7H,4-5H2,1-3H3,(H2,12,13,14). The first-order chi connectivity index (χ1) is 7.06. The van der Waals surface area contributed by atoms with Crippen molar-refractivity contribution in [3.05, 3.63) is 11.3 Å². The van der Waals surface area contributed by atoms with Gasteiger partial charge in [-0.15, -0.1) is 0 Å². The van der Waals surface area contributed by atoms with Crippen LogP contribution in [-0.4, -0.2) is 23.1 Å². The molecule has 1 rings (SSSR count). The van der Waals surface area contributed by atoms with Gasteiger partial charge in [-0.25, -0.2) is 9.97 Å². The van der Waals surface area contributed by atoms with Gasteiger partial charge in [0.15, 0.2) is 5.82 Å². The van der Waals surface area contributed by atoms with Crippen LogP contribution < -0.4 is 10.6 Å². The molecule has 4 nitrogen and oxygen atoms in total. The van der Waals surface area contributed by atoms with Gasteiger partial charge in [-0.2, -0.15) is 0 Å². The van der Waals surface area contributed by atoms with Crippen LogP contribution in [0.15, 0.2) is 6.33 Å². The Morgan fingerprint density at radius 1 is 1.47 bits per heavy atom. The zero-order valence-electron chi connectivity index (χ0n) is 9.37. The van der Waals surface area contributed by atoms with Crippen LogP contribution in [0.25, 0.3) is 0 Å². The molecule has 0 aliphatic rings. The number of nitrogens with zero attached hydrogens (tertiary/aromatic N) is 3. The predicted molar refractivity (Wildman–Crippen MR) is 64.2 cm³/mol. The lowest BCUT2D eigenvalue weighted by molar-refractivity contribution is 0.614. The second kappa shape index (κ2) is 5.16. The molecule has 0 aliphatic carbocycles. The van der Waals surface area contributed by atoms with E-state index in [1.165, 1.54) is 6.33 Å². The van der Waals surface area contributed by atoms with E-state index < -0.39 is 0 Å². The largest absolute Gasteiger partial charge is 0.382 e. The smallest absolute Gasteiger partial charge is 0.153 e. The van der Waals surface area contributed by atoms with E-state index in [0.29, 0.717) is 16.8 Å². The van der Waals surface area contributed by atoms with E-state index in [4.69, 9.17) is 17.3 Å². The molecule has 0 radical (unpaired) electrons. The number of aromatic nitrogens is 2. The molecular weight excluding hydrogens is 212 g/mol. The van der Waals surface area contributed by atoms with E-state index in [2.05, 4.69) is 35.6 Å². The van der Waals surface area contributed by atoms with Gasteiger partial charge < -0.3 is 10.6 Å². The van der Waals surface area contributed by atoms with E-state index in [1.54, 1.807) is 0 Å². The molecule has 0 amide bonds. The fourth-order valence-corrected chi connectivity index (χ4v) is 1.62. The molecule has 84 valence electrons. The van der Waals surface area contributed by atoms with Crippen LogP contribution in [0.5, 0.6) is 0 Å². The van der Waals surface area contributed by atoms with Crippen molar-refractivity contribution in [3.63, 3.8) is 0 Å². The van der Waals surface area contributed by atoms with Crippen LogP contribution >= 0.6 is 11.6 Å². The molecule has 1 heterocycles. The highest BCUT2D eigenvalue weighted by Crippen LogP contribution is 2.27. The molecule has 2 N–H and O–H groups in total. The average Bonchev–Trinajstić information content (AvgIpc) is 2.19. The summed E-state index contributed by atoms with van der Waals surface area (Å²) in [5.74, 6) is 1.61. The van der Waals surface area contributed by atoms with E-state index in [1.807, 2.05) is 0 Å². The number of nitrogens with two attached hydrogens (primary N) is 1. The van der Waals surface area contributed by atoms with Crippen molar-refractivity contribution < 1.29 is 0 Å². The molecule has 0 atom stereocenters. The summed E-state index contributed by atoms with van der Waals surface area (Å²) in [6.07, 6.45) is 1.44. The van der Waals surface area contributed by atoms with Crippen LogP contribution in [0.2, 0.25) is 5.02 Å². The van der Waals surface area contributed by atoms with Crippen molar-refractivity contribution in [3.8, 4) is 0 Å². The van der Waals surface area contributed by atoms with Gasteiger partial charge >= 0.3 is 0 Å². The molecule has 1 aromatic heterocycles. The minimum Gasteiger partial charge on any atom is -0.382 e.